The van der Waals surface area contributed by atoms with Crippen LogP contribution in [0, 0.1) is 6.92 Å². The van der Waals surface area contributed by atoms with Crippen LogP contribution in [0.3, 0.4) is 0 Å². The number of alkyl halides is 2. The van der Waals surface area contributed by atoms with Gasteiger partial charge >= 0.3 is 6.61 Å². The molecule has 0 fully saturated rings. The zero-order chi connectivity index (χ0) is 20.6. The first-order chi connectivity index (χ1) is 14.0. The number of hydrogen-bond donors (Lipinski definition) is 2. The molecule has 0 radical (unpaired) electrons. The summed E-state index contributed by atoms with van der Waals surface area (Å²) in [7, 11) is 1.62. The molecule has 1 aromatic heterocycles. The van der Waals surface area contributed by atoms with E-state index in [0.29, 0.717) is 29.7 Å². The number of guanidine groups is 1. The number of rotatable bonds is 7. The van der Waals surface area contributed by atoms with Crippen molar-refractivity contribution in [3.8, 4) is 17.2 Å². The number of oxazole rings is 1. The number of aryl methyl sites for hydroxylation is 1. The molecule has 1 heterocycles. The smallest absolute Gasteiger partial charge is 0.387 e. The lowest BCUT2D eigenvalue weighted by atomic mass is 10.1. The van der Waals surface area contributed by atoms with Gasteiger partial charge in [0.2, 0.25) is 5.89 Å². The van der Waals surface area contributed by atoms with E-state index in [1.54, 1.807) is 31.5 Å². The highest BCUT2D eigenvalue weighted by molar-refractivity contribution is 5.79. The normalized spacial score (nSPS) is 11.6. The van der Waals surface area contributed by atoms with Crippen molar-refractivity contribution in [3.05, 3.63) is 71.6 Å². The molecule has 152 valence electrons. The zero-order valence-corrected chi connectivity index (χ0v) is 16.2. The standard InChI is InChI=1S/C21H22F2N4O2/c1-14-7-9-15(10-8-14)19-27-17(13-28-19)12-26-21(24-2)25-11-16-5-3-4-6-18(16)29-20(22)23/h3-10,13,20H,11-12H2,1-2H3,(H2,24,25,26). The average Bonchev–Trinajstić information content (AvgIpc) is 3.18. The molecule has 3 rings (SSSR count). The van der Waals surface area contributed by atoms with Crippen molar-refractivity contribution < 1.29 is 17.9 Å². The molecule has 0 spiro atoms. The Morgan fingerprint density at radius 3 is 2.55 bits per heavy atom. The molecular weight excluding hydrogens is 378 g/mol. The predicted octanol–water partition coefficient (Wildman–Crippen LogP) is 4.12. The van der Waals surface area contributed by atoms with E-state index in [9.17, 15) is 8.78 Å². The van der Waals surface area contributed by atoms with Gasteiger partial charge in [0.15, 0.2) is 5.96 Å². The molecule has 0 saturated carbocycles. The van der Waals surface area contributed by atoms with Gasteiger partial charge in [-0.05, 0) is 25.1 Å². The largest absolute Gasteiger partial charge is 0.444 e. The fourth-order valence-electron chi connectivity index (χ4n) is 2.65. The van der Waals surface area contributed by atoms with Gasteiger partial charge < -0.3 is 19.8 Å². The number of aromatic nitrogens is 1. The molecular formula is C21H22F2N4O2. The molecule has 0 aliphatic carbocycles. The lowest BCUT2D eigenvalue weighted by Crippen LogP contribution is -2.36. The van der Waals surface area contributed by atoms with Gasteiger partial charge in [0.1, 0.15) is 12.0 Å². The number of aliphatic imine (C=N–C) groups is 1. The highest BCUT2D eigenvalue weighted by Crippen LogP contribution is 2.20. The van der Waals surface area contributed by atoms with E-state index >= 15 is 0 Å². The fourth-order valence-corrected chi connectivity index (χ4v) is 2.65. The molecule has 0 aliphatic heterocycles. The second-order valence-corrected chi connectivity index (χ2v) is 6.28. The second-order valence-electron chi connectivity index (χ2n) is 6.28. The minimum atomic E-state index is -2.87. The lowest BCUT2D eigenvalue weighted by Gasteiger charge is -2.14. The maximum atomic E-state index is 12.5. The number of hydrogen-bond acceptors (Lipinski definition) is 4. The average molecular weight is 400 g/mol. The maximum Gasteiger partial charge on any atom is 0.387 e. The molecule has 0 unspecified atom stereocenters. The Morgan fingerprint density at radius 2 is 1.83 bits per heavy atom. The Morgan fingerprint density at radius 1 is 1.10 bits per heavy atom. The Labute approximate surface area is 167 Å². The van der Waals surface area contributed by atoms with Crippen LogP contribution in [0.25, 0.3) is 11.5 Å². The van der Waals surface area contributed by atoms with Gasteiger partial charge in [0.05, 0.1) is 12.2 Å². The van der Waals surface area contributed by atoms with E-state index in [2.05, 4.69) is 25.3 Å². The Balaban J connectivity index is 1.56. The van der Waals surface area contributed by atoms with Crippen LogP contribution < -0.4 is 15.4 Å². The molecule has 2 N–H and O–H groups in total. The summed E-state index contributed by atoms with van der Waals surface area (Å²) in [6.07, 6.45) is 1.58. The van der Waals surface area contributed by atoms with E-state index in [-0.39, 0.29) is 12.3 Å². The first kappa shape index (κ1) is 20.3. The summed E-state index contributed by atoms with van der Waals surface area (Å²) in [6.45, 7) is -0.186. The Bertz CT molecular complexity index is 955. The number of nitrogens with zero attached hydrogens (tertiary/aromatic N) is 2. The second kappa shape index (κ2) is 9.68. The van der Waals surface area contributed by atoms with Crippen molar-refractivity contribution in [2.75, 3.05) is 7.05 Å². The van der Waals surface area contributed by atoms with Crippen LogP contribution in [0.4, 0.5) is 8.78 Å². The van der Waals surface area contributed by atoms with Crippen LogP contribution >= 0.6 is 0 Å². The monoisotopic (exact) mass is 400 g/mol. The summed E-state index contributed by atoms with van der Waals surface area (Å²) >= 11 is 0. The summed E-state index contributed by atoms with van der Waals surface area (Å²) in [5.74, 6) is 1.17. The fraction of sp³-hybridized carbons (Fsp3) is 0.238. The van der Waals surface area contributed by atoms with E-state index < -0.39 is 6.61 Å². The van der Waals surface area contributed by atoms with Gasteiger partial charge in [-0.15, -0.1) is 0 Å². The minimum Gasteiger partial charge on any atom is -0.444 e. The van der Waals surface area contributed by atoms with Crippen LogP contribution in [-0.4, -0.2) is 24.6 Å². The number of nitrogens with one attached hydrogen (secondary N) is 2. The first-order valence-electron chi connectivity index (χ1n) is 9.04. The predicted molar refractivity (Wildman–Crippen MR) is 107 cm³/mol. The quantitative estimate of drug-likeness (QED) is 0.461. The van der Waals surface area contributed by atoms with Crippen LogP contribution in [0.1, 0.15) is 16.8 Å². The third-order valence-electron chi connectivity index (χ3n) is 4.15. The van der Waals surface area contributed by atoms with Crippen molar-refractivity contribution in [1.29, 1.82) is 0 Å². The van der Waals surface area contributed by atoms with Gasteiger partial charge in [-0.25, -0.2) is 4.98 Å². The van der Waals surface area contributed by atoms with E-state index in [1.165, 1.54) is 6.07 Å². The van der Waals surface area contributed by atoms with Gasteiger partial charge in [-0.3, -0.25) is 4.99 Å². The molecule has 2 aromatic carbocycles. The third kappa shape index (κ3) is 5.78. The van der Waals surface area contributed by atoms with Crippen molar-refractivity contribution in [2.24, 2.45) is 4.99 Å². The number of benzene rings is 2. The summed E-state index contributed by atoms with van der Waals surface area (Å²) in [5, 5.41) is 6.19. The van der Waals surface area contributed by atoms with Crippen molar-refractivity contribution in [2.45, 2.75) is 26.6 Å². The van der Waals surface area contributed by atoms with Gasteiger partial charge in [0.25, 0.3) is 0 Å². The summed E-state index contributed by atoms with van der Waals surface area (Å²) < 4.78 is 35.1. The molecule has 0 aliphatic rings. The molecule has 0 saturated heterocycles. The molecule has 0 bridgehead atoms. The highest BCUT2D eigenvalue weighted by atomic mass is 19.3. The van der Waals surface area contributed by atoms with Crippen molar-refractivity contribution >= 4 is 5.96 Å². The van der Waals surface area contributed by atoms with Crippen LogP contribution in [0.2, 0.25) is 0 Å². The van der Waals surface area contributed by atoms with Gasteiger partial charge in [-0.1, -0.05) is 35.9 Å². The molecule has 0 atom stereocenters. The van der Waals surface area contributed by atoms with E-state index in [4.69, 9.17) is 4.42 Å². The molecule has 8 heteroatoms. The van der Waals surface area contributed by atoms with Crippen LogP contribution in [0.15, 0.2) is 64.2 Å². The summed E-state index contributed by atoms with van der Waals surface area (Å²) in [5.41, 5.74) is 3.38. The third-order valence-corrected chi connectivity index (χ3v) is 4.15. The van der Waals surface area contributed by atoms with Gasteiger partial charge in [0, 0.05) is 24.7 Å². The van der Waals surface area contributed by atoms with E-state index in [0.717, 1.165) is 11.1 Å². The Hall–Kier alpha value is -3.42. The van der Waals surface area contributed by atoms with Crippen LogP contribution in [-0.2, 0) is 13.1 Å². The molecule has 3 aromatic rings. The molecule has 29 heavy (non-hydrogen) atoms. The molecule has 0 amide bonds. The van der Waals surface area contributed by atoms with Crippen molar-refractivity contribution in [1.82, 2.24) is 15.6 Å². The summed E-state index contributed by atoms with van der Waals surface area (Å²) in [4.78, 5) is 8.60. The molecule has 6 nitrogen and oxygen atoms in total. The number of ether oxygens (including phenoxy) is 1. The maximum absolute atomic E-state index is 12.5. The SMILES string of the molecule is CN=C(NCc1coc(-c2ccc(C)cc2)n1)NCc1ccccc1OC(F)F. The first-order valence-corrected chi connectivity index (χ1v) is 9.04. The Kier molecular flexibility index (Phi) is 6.78. The van der Waals surface area contributed by atoms with Crippen LogP contribution in [0.5, 0.6) is 5.75 Å². The minimum absolute atomic E-state index is 0.129. The topological polar surface area (TPSA) is 71.7 Å². The summed E-state index contributed by atoms with van der Waals surface area (Å²) in [6, 6.07) is 14.5. The number of halogens is 2. The van der Waals surface area contributed by atoms with E-state index in [1.807, 2.05) is 31.2 Å². The van der Waals surface area contributed by atoms with Crippen molar-refractivity contribution in [3.63, 3.8) is 0 Å². The highest BCUT2D eigenvalue weighted by Gasteiger charge is 2.10. The number of para-hydroxylation sites is 1. The van der Waals surface area contributed by atoms with Gasteiger partial charge in [-0.2, -0.15) is 8.78 Å². The zero-order valence-electron chi connectivity index (χ0n) is 16.2. The lowest BCUT2D eigenvalue weighted by molar-refractivity contribution is -0.0504.